The van der Waals surface area contributed by atoms with Crippen LogP contribution >= 0.6 is 11.3 Å². The van der Waals surface area contributed by atoms with Gasteiger partial charge in [0, 0.05) is 29.1 Å². The molecule has 0 saturated heterocycles. The van der Waals surface area contributed by atoms with Gasteiger partial charge in [0.05, 0.1) is 25.1 Å². The minimum Gasteiger partial charge on any atom is -0.496 e. The quantitative estimate of drug-likeness (QED) is 0.320. The summed E-state index contributed by atoms with van der Waals surface area (Å²) in [5.74, 6) is 1.38. The molecule has 2 N–H and O–H groups in total. The Bertz CT molecular complexity index is 1340. The number of thiophene rings is 1. The monoisotopic (exact) mass is 503 g/mol. The topological polar surface area (TPSA) is 78.5 Å². The Labute approximate surface area is 215 Å². The number of para-hydroxylation sites is 1. The van der Waals surface area contributed by atoms with Crippen molar-refractivity contribution >= 4 is 21.6 Å². The number of aliphatic hydroxyl groups is 1. The van der Waals surface area contributed by atoms with Crippen LogP contribution in [0, 0.1) is 0 Å². The predicted octanol–water partition coefficient (Wildman–Crippen LogP) is 5.40. The van der Waals surface area contributed by atoms with Crippen LogP contribution in [-0.2, 0) is 13.0 Å². The van der Waals surface area contributed by atoms with E-state index in [0.29, 0.717) is 36.8 Å². The van der Waals surface area contributed by atoms with E-state index in [-0.39, 0.29) is 5.56 Å². The first-order valence-corrected chi connectivity index (χ1v) is 13.6. The first-order chi connectivity index (χ1) is 17.6. The van der Waals surface area contributed by atoms with E-state index in [4.69, 9.17) is 9.72 Å². The largest absolute Gasteiger partial charge is 0.496 e. The van der Waals surface area contributed by atoms with Gasteiger partial charge in [0.15, 0.2) is 0 Å². The minimum absolute atomic E-state index is 0.134. The molecule has 0 spiro atoms. The number of hydrogen-bond acceptors (Lipinski definition) is 6. The van der Waals surface area contributed by atoms with Crippen LogP contribution in [0.4, 0.5) is 0 Å². The maximum Gasteiger partial charge on any atom is 0.260 e. The number of nitrogens with zero attached hydrogens (tertiary/aromatic N) is 2. The van der Waals surface area contributed by atoms with Crippen LogP contribution < -0.4 is 10.3 Å². The van der Waals surface area contributed by atoms with Crippen molar-refractivity contribution < 1.29 is 9.84 Å². The zero-order valence-electron chi connectivity index (χ0n) is 20.7. The van der Waals surface area contributed by atoms with Gasteiger partial charge in [-0.05, 0) is 30.9 Å². The van der Waals surface area contributed by atoms with Gasteiger partial charge in [-0.15, -0.1) is 11.3 Å². The summed E-state index contributed by atoms with van der Waals surface area (Å²) >= 11 is 1.48. The van der Waals surface area contributed by atoms with Crippen LogP contribution in [0.5, 0.6) is 5.75 Å². The van der Waals surface area contributed by atoms with E-state index in [1.54, 1.807) is 7.11 Å². The highest BCUT2D eigenvalue weighted by molar-refractivity contribution is 7.17. The number of ether oxygens (including phenoxy) is 1. The van der Waals surface area contributed by atoms with Gasteiger partial charge >= 0.3 is 0 Å². The summed E-state index contributed by atoms with van der Waals surface area (Å²) in [6.07, 6.45) is 6.02. The Morgan fingerprint density at radius 1 is 1.08 bits per heavy atom. The lowest BCUT2D eigenvalue weighted by Crippen LogP contribution is -2.42. The van der Waals surface area contributed by atoms with Gasteiger partial charge in [0.25, 0.3) is 5.56 Å². The molecular weight excluding hydrogens is 470 g/mol. The van der Waals surface area contributed by atoms with Gasteiger partial charge in [-0.3, -0.25) is 9.69 Å². The summed E-state index contributed by atoms with van der Waals surface area (Å²) in [6, 6.07) is 18.2. The summed E-state index contributed by atoms with van der Waals surface area (Å²) in [4.78, 5) is 24.2. The molecule has 4 aromatic rings. The molecule has 36 heavy (non-hydrogen) atoms. The maximum atomic E-state index is 13.3. The molecule has 2 aromatic heterocycles. The predicted molar refractivity (Wildman–Crippen MR) is 146 cm³/mol. The number of H-pyrrole nitrogens is 1. The standard InChI is InChI=1S/C29H33N3O3S/c1-35-25-15-9-8-14-23(25)24-19-36-29-27(24)28(34)30-26(31-29)18-32(21-12-6-3-7-13-21)17-22(33)16-20-10-4-2-5-11-20/h2,4-5,8-11,14-15,19,21-22,33H,3,6-7,12-13,16-18H2,1H3,(H,30,31,34)/t22-/m0/s1. The highest BCUT2D eigenvalue weighted by Crippen LogP contribution is 2.36. The van der Waals surface area contributed by atoms with E-state index in [2.05, 4.69) is 22.0 Å². The third kappa shape index (κ3) is 5.53. The van der Waals surface area contributed by atoms with Gasteiger partial charge in [0.2, 0.25) is 0 Å². The van der Waals surface area contributed by atoms with Crippen molar-refractivity contribution in [2.24, 2.45) is 0 Å². The third-order valence-electron chi connectivity index (χ3n) is 7.09. The van der Waals surface area contributed by atoms with E-state index >= 15 is 0 Å². The van der Waals surface area contributed by atoms with Crippen LogP contribution in [-0.4, -0.2) is 45.8 Å². The van der Waals surface area contributed by atoms with Gasteiger partial charge in [-0.2, -0.15) is 0 Å². The van der Waals surface area contributed by atoms with Crippen LogP contribution in [0.3, 0.4) is 0 Å². The van der Waals surface area contributed by atoms with Gasteiger partial charge in [-0.25, -0.2) is 4.98 Å². The lowest BCUT2D eigenvalue weighted by Gasteiger charge is -2.35. The van der Waals surface area contributed by atoms with Gasteiger partial charge < -0.3 is 14.8 Å². The number of aromatic nitrogens is 2. The number of rotatable bonds is 9. The van der Waals surface area contributed by atoms with E-state index in [9.17, 15) is 9.90 Å². The molecule has 1 fully saturated rings. The van der Waals surface area contributed by atoms with Crippen molar-refractivity contribution in [3.05, 3.63) is 81.7 Å². The Kier molecular flexibility index (Phi) is 7.80. The van der Waals surface area contributed by atoms with E-state index in [0.717, 1.165) is 40.1 Å². The molecule has 1 saturated carbocycles. The zero-order valence-corrected chi connectivity index (χ0v) is 21.5. The molecule has 1 aliphatic carbocycles. The van der Waals surface area contributed by atoms with E-state index < -0.39 is 6.10 Å². The number of aromatic amines is 1. The number of benzene rings is 2. The van der Waals surface area contributed by atoms with Crippen molar-refractivity contribution in [1.29, 1.82) is 0 Å². The molecule has 0 amide bonds. The molecule has 2 aromatic carbocycles. The molecule has 6 nitrogen and oxygen atoms in total. The SMILES string of the molecule is COc1ccccc1-c1csc2nc(CN(C[C@@H](O)Cc3ccccc3)C3CCCCC3)[nH]c(=O)c12. The molecule has 0 bridgehead atoms. The number of fused-ring (bicyclic) bond motifs is 1. The van der Waals surface area contributed by atoms with Crippen LogP contribution in [0.2, 0.25) is 0 Å². The van der Waals surface area contributed by atoms with Crippen molar-refractivity contribution in [1.82, 2.24) is 14.9 Å². The van der Waals surface area contributed by atoms with E-state index in [1.807, 2.05) is 47.8 Å². The van der Waals surface area contributed by atoms with Crippen molar-refractivity contribution in [2.45, 2.75) is 57.2 Å². The summed E-state index contributed by atoms with van der Waals surface area (Å²) in [5.41, 5.74) is 2.73. The second kappa shape index (κ2) is 11.4. The zero-order chi connectivity index (χ0) is 24.9. The Morgan fingerprint density at radius 3 is 2.61 bits per heavy atom. The maximum absolute atomic E-state index is 13.3. The average molecular weight is 504 g/mol. The summed E-state index contributed by atoms with van der Waals surface area (Å²) in [6.45, 7) is 1.07. The van der Waals surface area contributed by atoms with Crippen LogP contribution in [0.1, 0.15) is 43.5 Å². The second-order valence-electron chi connectivity index (χ2n) is 9.61. The molecule has 188 valence electrons. The lowest BCUT2D eigenvalue weighted by molar-refractivity contribution is 0.0662. The number of methoxy groups -OCH3 is 1. The molecule has 0 radical (unpaired) electrons. The van der Waals surface area contributed by atoms with Gasteiger partial charge in [0.1, 0.15) is 16.4 Å². The Balaban J connectivity index is 1.41. The average Bonchev–Trinajstić information content (AvgIpc) is 3.34. The third-order valence-corrected chi connectivity index (χ3v) is 7.97. The molecule has 5 rings (SSSR count). The fourth-order valence-electron chi connectivity index (χ4n) is 5.34. The van der Waals surface area contributed by atoms with Crippen LogP contribution in [0.25, 0.3) is 21.3 Å². The minimum atomic E-state index is -0.483. The van der Waals surface area contributed by atoms with Crippen molar-refractivity contribution in [3.63, 3.8) is 0 Å². The second-order valence-corrected chi connectivity index (χ2v) is 10.5. The molecule has 0 unspecified atom stereocenters. The molecule has 1 atom stereocenters. The fourth-order valence-corrected chi connectivity index (χ4v) is 6.29. The summed E-state index contributed by atoms with van der Waals surface area (Å²) in [5, 5.41) is 13.5. The normalized spacial score (nSPS) is 15.4. The van der Waals surface area contributed by atoms with Crippen LogP contribution in [0.15, 0.2) is 64.8 Å². The highest BCUT2D eigenvalue weighted by atomic mass is 32.1. The summed E-state index contributed by atoms with van der Waals surface area (Å²) < 4.78 is 5.52. The Hall–Kier alpha value is -3.00. The number of aliphatic hydroxyl groups excluding tert-OH is 1. The van der Waals surface area contributed by atoms with Gasteiger partial charge in [-0.1, -0.05) is 67.8 Å². The molecule has 7 heteroatoms. The first kappa shape index (κ1) is 24.7. The Morgan fingerprint density at radius 2 is 1.83 bits per heavy atom. The number of hydrogen-bond donors (Lipinski definition) is 2. The molecule has 2 heterocycles. The fraction of sp³-hybridized carbons (Fsp3) is 0.379. The molecular formula is C29H33N3O3S. The first-order valence-electron chi connectivity index (χ1n) is 12.7. The van der Waals surface area contributed by atoms with E-state index in [1.165, 1.54) is 30.6 Å². The lowest BCUT2D eigenvalue weighted by atomic mass is 9.93. The highest BCUT2D eigenvalue weighted by Gasteiger charge is 2.25. The van der Waals surface area contributed by atoms with Crippen molar-refractivity contribution in [2.75, 3.05) is 13.7 Å². The summed E-state index contributed by atoms with van der Waals surface area (Å²) in [7, 11) is 1.64. The molecule has 0 aliphatic heterocycles. The smallest absolute Gasteiger partial charge is 0.260 e. The number of nitrogens with one attached hydrogen (secondary N) is 1. The van der Waals surface area contributed by atoms with Crippen molar-refractivity contribution in [3.8, 4) is 16.9 Å². The molecule has 1 aliphatic rings.